The highest BCUT2D eigenvalue weighted by atomic mass is 16.5. The number of ether oxygens (including phenoxy) is 1. The summed E-state index contributed by atoms with van der Waals surface area (Å²) < 4.78 is 5.72. The number of fused-ring (bicyclic) bond motifs is 1. The molecule has 1 aromatic rings. The Kier molecular flexibility index (Phi) is 2.46. The van der Waals surface area contributed by atoms with Gasteiger partial charge in [-0.05, 0) is 24.5 Å². The highest BCUT2D eigenvalue weighted by molar-refractivity contribution is 5.48. The van der Waals surface area contributed by atoms with Crippen LogP contribution < -0.4 is 10.5 Å². The van der Waals surface area contributed by atoms with E-state index in [9.17, 15) is 0 Å². The second-order valence-corrected chi connectivity index (χ2v) is 3.88. The van der Waals surface area contributed by atoms with Crippen LogP contribution in [0.25, 0.3) is 0 Å². The predicted molar refractivity (Wildman–Crippen MR) is 57.6 cm³/mol. The van der Waals surface area contributed by atoms with E-state index < -0.39 is 0 Å². The molecule has 0 aliphatic carbocycles. The molecule has 0 bridgehead atoms. The molecule has 0 saturated heterocycles. The molecule has 14 heavy (non-hydrogen) atoms. The van der Waals surface area contributed by atoms with Gasteiger partial charge < -0.3 is 10.5 Å². The van der Waals surface area contributed by atoms with Gasteiger partial charge in [-0.2, -0.15) is 0 Å². The molecule has 0 amide bonds. The molecular formula is C12H17NO. The Hall–Kier alpha value is -1.02. The summed E-state index contributed by atoms with van der Waals surface area (Å²) in [5, 5.41) is 0. The summed E-state index contributed by atoms with van der Waals surface area (Å²) in [4.78, 5) is 0. The van der Waals surface area contributed by atoms with Crippen LogP contribution in [0.5, 0.6) is 5.75 Å². The van der Waals surface area contributed by atoms with Crippen molar-refractivity contribution in [1.29, 1.82) is 0 Å². The first kappa shape index (κ1) is 9.53. The van der Waals surface area contributed by atoms with Crippen LogP contribution in [-0.2, 0) is 6.42 Å². The Labute approximate surface area is 85.1 Å². The quantitative estimate of drug-likeness (QED) is 0.739. The van der Waals surface area contributed by atoms with Crippen molar-refractivity contribution in [2.75, 3.05) is 6.61 Å². The Morgan fingerprint density at radius 3 is 3.00 bits per heavy atom. The van der Waals surface area contributed by atoms with Crippen molar-refractivity contribution in [3.8, 4) is 5.75 Å². The van der Waals surface area contributed by atoms with Crippen LogP contribution in [0.4, 0.5) is 0 Å². The number of rotatable bonds is 1. The molecule has 0 radical (unpaired) electrons. The summed E-state index contributed by atoms with van der Waals surface area (Å²) in [5.74, 6) is 1.05. The van der Waals surface area contributed by atoms with Gasteiger partial charge in [-0.1, -0.05) is 19.1 Å². The second-order valence-electron chi connectivity index (χ2n) is 3.88. The molecule has 1 heterocycles. The van der Waals surface area contributed by atoms with E-state index >= 15 is 0 Å². The smallest absolute Gasteiger partial charge is 0.127 e. The van der Waals surface area contributed by atoms with E-state index in [1.165, 1.54) is 16.7 Å². The van der Waals surface area contributed by atoms with Crippen molar-refractivity contribution in [3.63, 3.8) is 0 Å². The van der Waals surface area contributed by atoms with Gasteiger partial charge in [-0.25, -0.2) is 0 Å². The molecule has 2 nitrogen and oxygen atoms in total. The van der Waals surface area contributed by atoms with Crippen LogP contribution in [-0.4, -0.2) is 6.61 Å². The van der Waals surface area contributed by atoms with Gasteiger partial charge in [0.1, 0.15) is 5.75 Å². The number of hydrogen-bond donors (Lipinski definition) is 1. The van der Waals surface area contributed by atoms with Gasteiger partial charge in [0.05, 0.1) is 6.61 Å². The molecule has 2 rings (SSSR count). The molecule has 2 heteroatoms. The third-order valence-corrected chi connectivity index (χ3v) is 2.92. The number of hydrogen-bond acceptors (Lipinski definition) is 2. The molecule has 1 aliphatic heterocycles. The van der Waals surface area contributed by atoms with Gasteiger partial charge in [-0.15, -0.1) is 0 Å². The zero-order valence-electron chi connectivity index (χ0n) is 8.84. The summed E-state index contributed by atoms with van der Waals surface area (Å²) in [6.45, 7) is 5.01. The number of nitrogens with two attached hydrogens (primary N) is 1. The maximum absolute atomic E-state index is 6.09. The van der Waals surface area contributed by atoms with Crippen molar-refractivity contribution in [2.24, 2.45) is 5.73 Å². The molecule has 0 spiro atoms. The summed E-state index contributed by atoms with van der Waals surface area (Å²) >= 11 is 0. The molecule has 1 aliphatic rings. The second kappa shape index (κ2) is 3.62. The Bertz CT molecular complexity index is 346. The predicted octanol–water partition coefficient (Wildman–Crippen LogP) is 2.34. The average Bonchev–Trinajstić information content (AvgIpc) is 2.18. The molecule has 0 fully saturated rings. The minimum atomic E-state index is 0.158. The number of aryl methyl sites for hydroxylation is 2. The molecule has 0 saturated carbocycles. The highest BCUT2D eigenvalue weighted by Gasteiger charge is 2.21. The molecule has 76 valence electrons. The van der Waals surface area contributed by atoms with E-state index in [0.717, 1.165) is 25.2 Å². The van der Waals surface area contributed by atoms with Crippen LogP contribution in [0.15, 0.2) is 12.1 Å². The Morgan fingerprint density at radius 2 is 2.29 bits per heavy atom. The van der Waals surface area contributed by atoms with E-state index in [4.69, 9.17) is 10.5 Å². The molecule has 1 aromatic carbocycles. The van der Waals surface area contributed by atoms with Crippen molar-refractivity contribution in [3.05, 3.63) is 28.8 Å². The SMILES string of the molecule is CCc1ccc(C)c2c1OCCC2N. The van der Waals surface area contributed by atoms with Crippen molar-refractivity contribution in [2.45, 2.75) is 32.7 Å². The van der Waals surface area contributed by atoms with Gasteiger partial charge in [0, 0.05) is 18.0 Å². The summed E-state index contributed by atoms with van der Waals surface area (Å²) in [5.41, 5.74) is 9.84. The van der Waals surface area contributed by atoms with Crippen molar-refractivity contribution < 1.29 is 4.74 Å². The zero-order valence-corrected chi connectivity index (χ0v) is 8.84. The fourth-order valence-corrected chi connectivity index (χ4v) is 2.09. The van der Waals surface area contributed by atoms with Gasteiger partial charge in [0.2, 0.25) is 0 Å². The van der Waals surface area contributed by atoms with Crippen LogP contribution >= 0.6 is 0 Å². The minimum absolute atomic E-state index is 0.158. The normalized spacial score (nSPS) is 20.1. The van der Waals surface area contributed by atoms with Gasteiger partial charge in [0.15, 0.2) is 0 Å². The Morgan fingerprint density at radius 1 is 1.50 bits per heavy atom. The standard InChI is InChI=1S/C12H17NO/c1-3-9-5-4-8(2)11-10(13)6-7-14-12(9)11/h4-5,10H,3,6-7,13H2,1-2H3. The summed E-state index contributed by atoms with van der Waals surface area (Å²) in [6.07, 6.45) is 1.94. The molecule has 0 aromatic heterocycles. The van der Waals surface area contributed by atoms with Crippen LogP contribution in [0, 0.1) is 6.92 Å². The molecular weight excluding hydrogens is 174 g/mol. The monoisotopic (exact) mass is 191 g/mol. The van der Waals surface area contributed by atoms with Crippen molar-refractivity contribution in [1.82, 2.24) is 0 Å². The third-order valence-electron chi connectivity index (χ3n) is 2.92. The lowest BCUT2D eigenvalue weighted by atomic mass is 9.93. The summed E-state index contributed by atoms with van der Waals surface area (Å²) in [7, 11) is 0. The lowest BCUT2D eigenvalue weighted by molar-refractivity contribution is 0.265. The molecule has 1 unspecified atom stereocenters. The first-order valence-electron chi connectivity index (χ1n) is 5.24. The topological polar surface area (TPSA) is 35.2 Å². The van der Waals surface area contributed by atoms with E-state index in [2.05, 4.69) is 26.0 Å². The summed E-state index contributed by atoms with van der Waals surface area (Å²) in [6, 6.07) is 4.45. The van der Waals surface area contributed by atoms with E-state index in [1.807, 2.05) is 0 Å². The largest absolute Gasteiger partial charge is 0.493 e. The fraction of sp³-hybridized carbons (Fsp3) is 0.500. The van der Waals surface area contributed by atoms with Crippen LogP contribution in [0.2, 0.25) is 0 Å². The van der Waals surface area contributed by atoms with Gasteiger partial charge in [0.25, 0.3) is 0 Å². The first-order valence-corrected chi connectivity index (χ1v) is 5.24. The van der Waals surface area contributed by atoms with E-state index in [-0.39, 0.29) is 6.04 Å². The maximum Gasteiger partial charge on any atom is 0.127 e. The minimum Gasteiger partial charge on any atom is -0.493 e. The zero-order chi connectivity index (χ0) is 10.1. The van der Waals surface area contributed by atoms with Gasteiger partial charge in [-0.3, -0.25) is 0 Å². The third kappa shape index (κ3) is 1.40. The lowest BCUT2D eigenvalue weighted by Crippen LogP contribution is -2.22. The lowest BCUT2D eigenvalue weighted by Gasteiger charge is -2.26. The average molecular weight is 191 g/mol. The number of benzene rings is 1. The molecule has 1 atom stereocenters. The fourth-order valence-electron chi connectivity index (χ4n) is 2.09. The van der Waals surface area contributed by atoms with Crippen molar-refractivity contribution >= 4 is 0 Å². The van der Waals surface area contributed by atoms with Crippen LogP contribution in [0.1, 0.15) is 36.1 Å². The van der Waals surface area contributed by atoms with Crippen LogP contribution in [0.3, 0.4) is 0 Å². The Balaban J connectivity index is 2.57. The van der Waals surface area contributed by atoms with E-state index in [0.29, 0.717) is 0 Å². The molecule has 2 N–H and O–H groups in total. The maximum atomic E-state index is 6.09. The highest BCUT2D eigenvalue weighted by Crippen LogP contribution is 2.36. The first-order chi connectivity index (χ1) is 6.74. The van der Waals surface area contributed by atoms with E-state index in [1.54, 1.807) is 0 Å². The van der Waals surface area contributed by atoms with Gasteiger partial charge >= 0.3 is 0 Å².